The van der Waals surface area contributed by atoms with Crippen molar-refractivity contribution in [3.63, 3.8) is 0 Å². The molecule has 2 aliphatic rings. The van der Waals surface area contributed by atoms with Gasteiger partial charge in [0.2, 0.25) is 0 Å². The van der Waals surface area contributed by atoms with Gasteiger partial charge in [-0.05, 0) is 0 Å². The van der Waals surface area contributed by atoms with Gasteiger partial charge in [-0.25, -0.2) is 4.79 Å². The molecule has 3 rings (SSSR count). The van der Waals surface area contributed by atoms with Crippen LogP contribution in [0, 0.1) is 0 Å². The van der Waals surface area contributed by atoms with Gasteiger partial charge in [0, 0.05) is 19.0 Å². The Balaban J connectivity index is 2.08. The second-order valence-corrected chi connectivity index (χ2v) is 3.76. The third-order valence-electron chi connectivity index (χ3n) is 2.71. The van der Waals surface area contributed by atoms with Crippen LogP contribution in [0.2, 0.25) is 0 Å². The Labute approximate surface area is 84.2 Å². The maximum atomic E-state index is 11.5. The third kappa shape index (κ3) is 0.984. The first kappa shape index (κ1) is 8.34. The molecule has 0 radical (unpaired) electrons. The number of fused-ring (bicyclic) bond motifs is 1. The van der Waals surface area contributed by atoms with Gasteiger partial charge in [0.15, 0.2) is 17.0 Å². The summed E-state index contributed by atoms with van der Waals surface area (Å²) in [5.74, 6) is -1.05. The summed E-state index contributed by atoms with van der Waals surface area (Å²) < 4.78 is 5.45. The van der Waals surface area contributed by atoms with Crippen molar-refractivity contribution >= 4 is 17.6 Å². The van der Waals surface area contributed by atoms with E-state index in [4.69, 9.17) is 9.84 Å². The van der Waals surface area contributed by atoms with Gasteiger partial charge >= 0.3 is 5.97 Å². The van der Waals surface area contributed by atoms with E-state index >= 15 is 0 Å². The van der Waals surface area contributed by atoms with Crippen LogP contribution >= 0.6 is 0 Å². The van der Waals surface area contributed by atoms with Crippen molar-refractivity contribution in [1.82, 2.24) is 4.98 Å². The molecule has 1 saturated carbocycles. The number of nitrogens with one attached hydrogen (secondary N) is 2. The third-order valence-corrected chi connectivity index (χ3v) is 2.71. The van der Waals surface area contributed by atoms with Gasteiger partial charge in [0.05, 0.1) is 0 Å². The fourth-order valence-corrected chi connectivity index (χ4v) is 1.69. The van der Waals surface area contributed by atoms with E-state index in [0.29, 0.717) is 18.5 Å². The van der Waals surface area contributed by atoms with Crippen molar-refractivity contribution in [1.29, 1.82) is 0 Å². The van der Waals surface area contributed by atoms with Gasteiger partial charge in [-0.2, -0.15) is 0 Å². The molecule has 0 atom stereocenters. The summed E-state index contributed by atoms with van der Waals surface area (Å²) >= 11 is 0. The lowest BCUT2D eigenvalue weighted by Gasteiger charge is -2.23. The topological polar surface area (TPSA) is 91.4 Å². The van der Waals surface area contributed by atoms with E-state index in [1.165, 1.54) is 6.20 Å². The number of H-pyrrole nitrogens is 1. The lowest BCUT2D eigenvalue weighted by atomic mass is 10.2. The maximum absolute atomic E-state index is 11.5. The molecule has 1 aromatic rings. The van der Waals surface area contributed by atoms with Gasteiger partial charge in [-0.3, -0.25) is 4.79 Å². The van der Waals surface area contributed by atoms with Crippen LogP contribution < -0.4 is 10.1 Å². The molecule has 0 aromatic carbocycles. The van der Waals surface area contributed by atoms with Crippen molar-refractivity contribution in [2.24, 2.45) is 0 Å². The number of carboxylic acid groups (broad SMARTS) is 1. The van der Waals surface area contributed by atoms with Crippen LogP contribution in [0.5, 0.6) is 5.75 Å². The van der Waals surface area contributed by atoms with Crippen molar-refractivity contribution in [3.05, 3.63) is 11.9 Å². The lowest BCUT2D eigenvalue weighted by molar-refractivity contribution is -0.125. The molecule has 78 valence electrons. The Morgan fingerprint density at radius 1 is 1.53 bits per heavy atom. The second-order valence-electron chi connectivity index (χ2n) is 3.76. The first-order chi connectivity index (χ1) is 7.12. The van der Waals surface area contributed by atoms with Crippen LogP contribution in [0.15, 0.2) is 6.20 Å². The summed E-state index contributed by atoms with van der Waals surface area (Å²) in [6.07, 6.45) is 2.71. The number of rotatable bonds is 1. The molecule has 0 unspecified atom stereocenters. The van der Waals surface area contributed by atoms with E-state index in [9.17, 15) is 9.59 Å². The highest BCUT2D eigenvalue weighted by molar-refractivity contribution is 6.05. The number of anilines is 1. The lowest BCUT2D eigenvalue weighted by Crippen LogP contribution is -2.38. The summed E-state index contributed by atoms with van der Waals surface area (Å²) in [7, 11) is 0. The summed E-state index contributed by atoms with van der Waals surface area (Å²) in [5, 5.41) is 11.5. The largest absolute Gasteiger partial charge is 0.476 e. The standard InChI is InChI=1S/C9H8N2O4/c12-7(13)5-6-4(3-10-5)11-8(14)9(15-6)1-2-9/h3,10H,1-2H2,(H,11,14)(H,12,13). The quantitative estimate of drug-likeness (QED) is 0.629. The van der Waals surface area contributed by atoms with Gasteiger partial charge < -0.3 is 20.1 Å². The van der Waals surface area contributed by atoms with Crippen molar-refractivity contribution in [2.45, 2.75) is 18.4 Å². The first-order valence-electron chi connectivity index (χ1n) is 4.57. The minimum absolute atomic E-state index is 0.0173. The smallest absolute Gasteiger partial charge is 0.356 e. The minimum atomic E-state index is -1.09. The molecule has 6 heteroatoms. The monoisotopic (exact) mass is 208 g/mol. The molecule has 2 heterocycles. The Kier molecular flexibility index (Phi) is 1.30. The Morgan fingerprint density at radius 3 is 2.87 bits per heavy atom. The average Bonchev–Trinajstić information content (AvgIpc) is 2.82. The van der Waals surface area contributed by atoms with E-state index in [0.717, 1.165) is 0 Å². The Hall–Kier alpha value is -1.98. The van der Waals surface area contributed by atoms with Gasteiger partial charge in [0.1, 0.15) is 5.69 Å². The molecule has 0 bridgehead atoms. The number of aromatic amines is 1. The number of carboxylic acids is 1. The zero-order valence-electron chi connectivity index (χ0n) is 7.66. The molecule has 15 heavy (non-hydrogen) atoms. The van der Waals surface area contributed by atoms with Crippen LogP contribution in [-0.4, -0.2) is 27.6 Å². The highest BCUT2D eigenvalue weighted by Crippen LogP contribution is 2.47. The molecule has 1 aliphatic carbocycles. The fourth-order valence-electron chi connectivity index (χ4n) is 1.69. The predicted octanol–water partition coefficient (Wildman–Crippen LogP) is 0.576. The van der Waals surface area contributed by atoms with Crippen LogP contribution in [0.4, 0.5) is 5.69 Å². The SMILES string of the molecule is O=C(O)c1[nH]cc2c1OC1(CC1)C(=O)N2. The van der Waals surface area contributed by atoms with E-state index in [2.05, 4.69) is 10.3 Å². The number of ether oxygens (including phenoxy) is 1. The first-order valence-corrected chi connectivity index (χ1v) is 4.57. The molecule has 1 aliphatic heterocycles. The summed E-state index contributed by atoms with van der Waals surface area (Å²) in [6, 6.07) is 0. The van der Waals surface area contributed by atoms with Gasteiger partial charge in [-0.15, -0.1) is 0 Å². The Morgan fingerprint density at radius 2 is 2.27 bits per heavy atom. The van der Waals surface area contributed by atoms with Crippen LogP contribution in [0.25, 0.3) is 0 Å². The highest BCUT2D eigenvalue weighted by atomic mass is 16.5. The Bertz CT molecular complexity index is 472. The molecular formula is C9H8N2O4. The zero-order valence-corrected chi connectivity index (χ0v) is 7.66. The normalized spacial score (nSPS) is 20.4. The predicted molar refractivity (Wildman–Crippen MR) is 49.0 cm³/mol. The van der Waals surface area contributed by atoms with Gasteiger partial charge in [0.25, 0.3) is 5.91 Å². The summed E-state index contributed by atoms with van der Waals surface area (Å²) in [6.45, 7) is 0. The van der Waals surface area contributed by atoms with Crippen LogP contribution in [0.3, 0.4) is 0 Å². The summed E-state index contributed by atoms with van der Waals surface area (Å²) in [5.41, 5.74) is -0.425. The zero-order chi connectivity index (χ0) is 10.6. The van der Waals surface area contributed by atoms with Crippen LogP contribution in [-0.2, 0) is 4.79 Å². The van der Waals surface area contributed by atoms with E-state index in [1.54, 1.807) is 0 Å². The molecule has 1 amide bonds. The molecule has 1 aromatic heterocycles. The number of carbonyl (C=O) groups is 2. The highest BCUT2D eigenvalue weighted by Gasteiger charge is 2.56. The number of amides is 1. The molecule has 3 N–H and O–H groups in total. The molecular weight excluding hydrogens is 200 g/mol. The van der Waals surface area contributed by atoms with E-state index < -0.39 is 11.6 Å². The number of aromatic carboxylic acids is 1. The molecule has 6 nitrogen and oxygen atoms in total. The minimum Gasteiger partial charge on any atom is -0.476 e. The number of hydrogen-bond donors (Lipinski definition) is 3. The summed E-state index contributed by atoms with van der Waals surface area (Å²) in [4.78, 5) is 24.9. The van der Waals surface area contributed by atoms with E-state index in [-0.39, 0.29) is 17.4 Å². The fraction of sp³-hybridized carbons (Fsp3) is 0.333. The number of aromatic nitrogens is 1. The van der Waals surface area contributed by atoms with Crippen molar-refractivity contribution < 1.29 is 19.4 Å². The van der Waals surface area contributed by atoms with Crippen molar-refractivity contribution in [2.75, 3.05) is 5.32 Å². The molecule has 1 spiro atoms. The number of carbonyl (C=O) groups excluding carboxylic acids is 1. The second kappa shape index (κ2) is 2.33. The van der Waals surface area contributed by atoms with Gasteiger partial charge in [-0.1, -0.05) is 0 Å². The maximum Gasteiger partial charge on any atom is 0.356 e. The van der Waals surface area contributed by atoms with Crippen LogP contribution in [0.1, 0.15) is 23.3 Å². The molecule has 1 fully saturated rings. The average molecular weight is 208 g/mol. The molecule has 0 saturated heterocycles. The van der Waals surface area contributed by atoms with Crippen molar-refractivity contribution in [3.8, 4) is 5.75 Å². The number of hydrogen-bond acceptors (Lipinski definition) is 3. The van der Waals surface area contributed by atoms with E-state index in [1.807, 2.05) is 0 Å².